The molecule has 0 unspecified atom stereocenters. The van der Waals surface area contributed by atoms with Crippen LogP contribution in [0.15, 0.2) is 24.3 Å². The summed E-state index contributed by atoms with van der Waals surface area (Å²) in [4.78, 5) is 24.2. The molecule has 0 atom stereocenters. The summed E-state index contributed by atoms with van der Waals surface area (Å²) in [5, 5.41) is 0. The van der Waals surface area contributed by atoms with Crippen molar-refractivity contribution in [3.8, 4) is 0 Å². The zero-order valence-corrected chi connectivity index (χ0v) is 10.2. The Hall–Kier alpha value is -1.61. The Bertz CT molecular complexity index is 508. The number of likely N-dealkylation sites (N-methyl/N-ethyl adjacent to an activating group) is 1. The van der Waals surface area contributed by atoms with E-state index in [1.54, 1.807) is 18.0 Å². The molecule has 1 aromatic carbocycles. The first kappa shape index (κ1) is 11.9. The number of anilines is 1. The molecular formula is C13H12ClNO2. The van der Waals surface area contributed by atoms with E-state index in [4.69, 9.17) is 11.6 Å². The maximum Gasteiger partial charge on any atom is 0.231 e. The Morgan fingerprint density at radius 1 is 1.53 bits per heavy atom. The van der Waals surface area contributed by atoms with Crippen LogP contribution in [0.3, 0.4) is 0 Å². The van der Waals surface area contributed by atoms with Crippen LogP contribution >= 0.6 is 11.6 Å². The number of carbonyl (C=O) groups excluding carboxylic acids is 2. The summed E-state index contributed by atoms with van der Waals surface area (Å²) in [5.74, 6) is -0.0406. The van der Waals surface area contributed by atoms with Crippen molar-refractivity contribution in [2.24, 2.45) is 0 Å². The molecule has 88 valence electrons. The number of halogens is 1. The van der Waals surface area contributed by atoms with Crippen LogP contribution in [-0.2, 0) is 16.0 Å². The molecule has 0 bridgehead atoms. The summed E-state index contributed by atoms with van der Waals surface area (Å²) in [6.07, 6.45) is 3.60. The van der Waals surface area contributed by atoms with E-state index in [0.717, 1.165) is 16.8 Å². The molecule has 4 heteroatoms. The standard InChI is InChI=1S/C13H12ClNO2/c1-15-12-5-3-9(2-4-11(16)8-14)6-10(12)7-13(15)17/h2-6H,7-8H2,1H3. The van der Waals surface area contributed by atoms with Crippen LogP contribution in [0.1, 0.15) is 11.1 Å². The van der Waals surface area contributed by atoms with Gasteiger partial charge in [0.2, 0.25) is 5.91 Å². The third-order valence-corrected chi connectivity index (χ3v) is 3.04. The Kier molecular flexibility index (Phi) is 3.29. The lowest BCUT2D eigenvalue weighted by Gasteiger charge is -2.09. The van der Waals surface area contributed by atoms with E-state index < -0.39 is 0 Å². The van der Waals surface area contributed by atoms with Crippen molar-refractivity contribution in [3.63, 3.8) is 0 Å². The zero-order chi connectivity index (χ0) is 12.4. The molecule has 1 aliphatic rings. The highest BCUT2D eigenvalue weighted by molar-refractivity contribution is 6.29. The van der Waals surface area contributed by atoms with Crippen molar-refractivity contribution in [1.82, 2.24) is 0 Å². The van der Waals surface area contributed by atoms with Gasteiger partial charge in [-0.05, 0) is 29.3 Å². The Labute approximate surface area is 105 Å². The number of rotatable bonds is 3. The summed E-state index contributed by atoms with van der Waals surface area (Å²) < 4.78 is 0. The summed E-state index contributed by atoms with van der Waals surface area (Å²) in [7, 11) is 1.76. The Morgan fingerprint density at radius 2 is 2.29 bits per heavy atom. The highest BCUT2D eigenvalue weighted by Crippen LogP contribution is 2.28. The average Bonchev–Trinajstić information content (AvgIpc) is 2.62. The fourth-order valence-electron chi connectivity index (χ4n) is 1.83. The van der Waals surface area contributed by atoms with Gasteiger partial charge in [0.1, 0.15) is 0 Å². The molecule has 0 radical (unpaired) electrons. The van der Waals surface area contributed by atoms with Gasteiger partial charge < -0.3 is 4.90 Å². The van der Waals surface area contributed by atoms with Gasteiger partial charge in [0.15, 0.2) is 5.78 Å². The minimum atomic E-state index is -0.125. The molecule has 0 aliphatic carbocycles. The molecule has 0 aromatic heterocycles. The Balaban J connectivity index is 2.24. The molecule has 0 fully saturated rings. The van der Waals surface area contributed by atoms with E-state index >= 15 is 0 Å². The molecule has 17 heavy (non-hydrogen) atoms. The van der Waals surface area contributed by atoms with Crippen LogP contribution in [0.5, 0.6) is 0 Å². The second-order valence-corrected chi connectivity index (χ2v) is 4.22. The monoisotopic (exact) mass is 249 g/mol. The van der Waals surface area contributed by atoms with Gasteiger partial charge >= 0.3 is 0 Å². The van der Waals surface area contributed by atoms with Gasteiger partial charge in [0.05, 0.1) is 12.3 Å². The number of carbonyl (C=O) groups is 2. The number of allylic oxidation sites excluding steroid dienone is 1. The van der Waals surface area contributed by atoms with Crippen LogP contribution in [-0.4, -0.2) is 24.6 Å². The van der Waals surface area contributed by atoms with Gasteiger partial charge in [-0.3, -0.25) is 9.59 Å². The quantitative estimate of drug-likeness (QED) is 0.607. The highest BCUT2D eigenvalue weighted by atomic mass is 35.5. The van der Waals surface area contributed by atoms with Crippen molar-refractivity contribution >= 4 is 35.1 Å². The normalized spacial score (nSPS) is 14.5. The summed E-state index contributed by atoms with van der Waals surface area (Å²) in [6.45, 7) is 0. The summed E-state index contributed by atoms with van der Waals surface area (Å²) >= 11 is 5.40. The summed E-state index contributed by atoms with van der Waals surface area (Å²) in [5.41, 5.74) is 2.85. The largest absolute Gasteiger partial charge is 0.315 e. The fraction of sp³-hybridized carbons (Fsp3) is 0.231. The average molecular weight is 250 g/mol. The van der Waals surface area contributed by atoms with Crippen LogP contribution in [0.25, 0.3) is 6.08 Å². The molecule has 1 aliphatic heterocycles. The lowest BCUT2D eigenvalue weighted by molar-refractivity contribution is -0.117. The first-order valence-corrected chi connectivity index (χ1v) is 5.81. The molecule has 0 N–H and O–H groups in total. The van der Waals surface area contributed by atoms with Crippen molar-refractivity contribution in [1.29, 1.82) is 0 Å². The minimum absolute atomic E-state index is 0.0112. The maximum atomic E-state index is 11.5. The predicted octanol–water partition coefficient (Wildman–Crippen LogP) is 2.03. The second-order valence-electron chi connectivity index (χ2n) is 3.95. The van der Waals surface area contributed by atoms with Crippen LogP contribution in [0, 0.1) is 0 Å². The van der Waals surface area contributed by atoms with E-state index in [9.17, 15) is 9.59 Å². The zero-order valence-electron chi connectivity index (χ0n) is 9.44. The van der Waals surface area contributed by atoms with E-state index in [1.165, 1.54) is 6.08 Å². The molecule has 1 heterocycles. The lowest BCUT2D eigenvalue weighted by atomic mass is 10.1. The number of benzene rings is 1. The minimum Gasteiger partial charge on any atom is -0.315 e. The van der Waals surface area contributed by atoms with Gasteiger partial charge in [-0.1, -0.05) is 12.1 Å². The van der Waals surface area contributed by atoms with Gasteiger partial charge in [0, 0.05) is 12.7 Å². The van der Waals surface area contributed by atoms with Crippen LogP contribution in [0.2, 0.25) is 0 Å². The van der Waals surface area contributed by atoms with Gasteiger partial charge in [-0.2, -0.15) is 0 Å². The number of nitrogens with zero attached hydrogens (tertiary/aromatic N) is 1. The van der Waals surface area contributed by atoms with E-state index in [1.807, 2.05) is 18.2 Å². The maximum absolute atomic E-state index is 11.5. The molecule has 0 spiro atoms. The number of ketones is 1. The third kappa shape index (κ3) is 2.39. The van der Waals surface area contributed by atoms with Gasteiger partial charge in [-0.25, -0.2) is 0 Å². The lowest BCUT2D eigenvalue weighted by Crippen LogP contribution is -2.20. The fourth-order valence-corrected chi connectivity index (χ4v) is 1.92. The smallest absolute Gasteiger partial charge is 0.231 e. The van der Waals surface area contributed by atoms with Gasteiger partial charge in [0.25, 0.3) is 0 Å². The molecule has 3 nitrogen and oxygen atoms in total. The topological polar surface area (TPSA) is 37.4 Å². The summed E-state index contributed by atoms with van der Waals surface area (Å²) in [6, 6.07) is 5.70. The molecular weight excluding hydrogens is 238 g/mol. The number of hydrogen-bond donors (Lipinski definition) is 0. The van der Waals surface area contributed by atoms with Crippen LogP contribution < -0.4 is 4.90 Å². The van der Waals surface area contributed by atoms with Crippen molar-refractivity contribution in [3.05, 3.63) is 35.4 Å². The van der Waals surface area contributed by atoms with Crippen molar-refractivity contribution in [2.45, 2.75) is 6.42 Å². The second kappa shape index (κ2) is 4.72. The first-order chi connectivity index (χ1) is 8.11. The van der Waals surface area contributed by atoms with Crippen molar-refractivity contribution < 1.29 is 9.59 Å². The first-order valence-electron chi connectivity index (χ1n) is 5.28. The van der Waals surface area contributed by atoms with E-state index in [2.05, 4.69) is 0 Å². The van der Waals surface area contributed by atoms with Crippen LogP contribution in [0.4, 0.5) is 5.69 Å². The molecule has 2 rings (SSSR count). The molecule has 0 saturated carbocycles. The highest BCUT2D eigenvalue weighted by Gasteiger charge is 2.23. The number of hydrogen-bond acceptors (Lipinski definition) is 2. The third-order valence-electron chi connectivity index (χ3n) is 2.77. The molecule has 1 aromatic rings. The van der Waals surface area contributed by atoms with Crippen molar-refractivity contribution in [2.75, 3.05) is 17.8 Å². The predicted molar refractivity (Wildman–Crippen MR) is 68.3 cm³/mol. The SMILES string of the molecule is CN1C(=O)Cc2cc(C=CC(=O)CCl)ccc21. The Morgan fingerprint density at radius 3 is 3.00 bits per heavy atom. The molecule has 1 amide bonds. The number of fused-ring (bicyclic) bond motifs is 1. The van der Waals surface area contributed by atoms with E-state index in [-0.39, 0.29) is 17.6 Å². The van der Waals surface area contributed by atoms with Gasteiger partial charge in [-0.15, -0.1) is 11.6 Å². The number of alkyl halides is 1. The number of amides is 1. The molecule has 0 saturated heterocycles. The van der Waals surface area contributed by atoms with E-state index in [0.29, 0.717) is 6.42 Å².